The summed E-state index contributed by atoms with van der Waals surface area (Å²) in [5.41, 5.74) is 5.94. The van der Waals surface area contributed by atoms with E-state index < -0.39 is 6.10 Å². The van der Waals surface area contributed by atoms with Gasteiger partial charge >= 0.3 is 0 Å². The number of carbonyl (C=O) groups is 1. The average molecular weight is 339 g/mol. The first kappa shape index (κ1) is 19.0. The molecule has 0 saturated carbocycles. The van der Waals surface area contributed by atoms with Gasteiger partial charge in [-0.3, -0.25) is 4.79 Å². The van der Waals surface area contributed by atoms with Crippen LogP contribution in [0, 0.1) is 27.7 Å². The molecule has 3 nitrogen and oxygen atoms in total. The topological polar surface area (TPSA) is 38.3 Å². The first-order valence-electron chi connectivity index (χ1n) is 8.93. The molecule has 0 aliphatic rings. The van der Waals surface area contributed by atoms with Crippen LogP contribution in [0.4, 0.5) is 0 Å². The molecular formula is C22H29NO2. The average Bonchev–Trinajstić information content (AvgIpc) is 2.55. The first-order valence-corrected chi connectivity index (χ1v) is 8.93. The van der Waals surface area contributed by atoms with Gasteiger partial charge in [0, 0.05) is 0 Å². The minimum atomic E-state index is -0.490. The second-order valence-corrected chi connectivity index (χ2v) is 6.85. The molecule has 25 heavy (non-hydrogen) atoms. The van der Waals surface area contributed by atoms with Crippen LogP contribution in [-0.2, 0) is 4.79 Å². The minimum absolute atomic E-state index is 0.0505. The molecule has 0 aromatic heterocycles. The molecule has 0 spiro atoms. The van der Waals surface area contributed by atoms with Crippen molar-refractivity contribution >= 4 is 5.91 Å². The monoisotopic (exact) mass is 339 g/mol. The summed E-state index contributed by atoms with van der Waals surface area (Å²) in [7, 11) is 0. The Hall–Kier alpha value is -2.29. The molecule has 0 unspecified atom stereocenters. The maximum atomic E-state index is 12.7. The van der Waals surface area contributed by atoms with Crippen LogP contribution in [0.15, 0.2) is 36.4 Å². The predicted octanol–water partition coefficient (Wildman–Crippen LogP) is 4.96. The van der Waals surface area contributed by atoms with Crippen LogP contribution in [0.3, 0.4) is 0 Å². The number of aryl methyl sites for hydroxylation is 4. The number of rotatable bonds is 6. The Balaban J connectivity index is 2.07. The molecule has 0 saturated heterocycles. The van der Waals surface area contributed by atoms with E-state index in [0.29, 0.717) is 6.42 Å². The fraction of sp³-hybridized carbons (Fsp3) is 0.409. The minimum Gasteiger partial charge on any atom is -0.481 e. The summed E-state index contributed by atoms with van der Waals surface area (Å²) in [4.78, 5) is 12.7. The van der Waals surface area contributed by atoms with E-state index in [-0.39, 0.29) is 11.9 Å². The van der Waals surface area contributed by atoms with Crippen LogP contribution in [0.5, 0.6) is 5.75 Å². The van der Waals surface area contributed by atoms with Gasteiger partial charge in [-0.2, -0.15) is 0 Å². The van der Waals surface area contributed by atoms with Gasteiger partial charge in [0.1, 0.15) is 5.75 Å². The number of benzene rings is 2. The van der Waals surface area contributed by atoms with Crippen molar-refractivity contribution in [3.8, 4) is 5.75 Å². The van der Waals surface area contributed by atoms with E-state index in [2.05, 4.69) is 44.3 Å². The maximum absolute atomic E-state index is 12.7. The largest absolute Gasteiger partial charge is 0.481 e. The highest BCUT2D eigenvalue weighted by Gasteiger charge is 2.21. The Kier molecular flexibility index (Phi) is 6.24. The summed E-state index contributed by atoms with van der Waals surface area (Å²) < 4.78 is 5.94. The molecule has 0 bridgehead atoms. The Bertz CT molecular complexity index is 752. The molecule has 3 heteroatoms. The van der Waals surface area contributed by atoms with E-state index >= 15 is 0 Å². The number of amides is 1. The molecule has 134 valence electrons. The molecule has 1 amide bonds. The van der Waals surface area contributed by atoms with E-state index in [0.717, 1.165) is 16.9 Å². The Morgan fingerprint density at radius 1 is 1.00 bits per heavy atom. The van der Waals surface area contributed by atoms with Gasteiger partial charge in [0.2, 0.25) is 0 Å². The Labute approximate surface area is 151 Å². The van der Waals surface area contributed by atoms with Gasteiger partial charge in [-0.15, -0.1) is 0 Å². The van der Waals surface area contributed by atoms with Crippen LogP contribution in [-0.4, -0.2) is 12.0 Å². The molecule has 0 aliphatic carbocycles. The Morgan fingerprint density at radius 2 is 1.72 bits per heavy atom. The van der Waals surface area contributed by atoms with Gasteiger partial charge in [-0.25, -0.2) is 0 Å². The van der Waals surface area contributed by atoms with Crippen molar-refractivity contribution in [1.29, 1.82) is 0 Å². The lowest BCUT2D eigenvalue weighted by Gasteiger charge is -2.22. The zero-order chi connectivity index (χ0) is 18.6. The summed E-state index contributed by atoms with van der Waals surface area (Å²) in [6.45, 7) is 12.2. The van der Waals surface area contributed by atoms with Crippen molar-refractivity contribution in [2.45, 2.75) is 60.1 Å². The van der Waals surface area contributed by atoms with Crippen molar-refractivity contribution in [1.82, 2.24) is 5.32 Å². The van der Waals surface area contributed by atoms with E-state index in [9.17, 15) is 4.79 Å². The Morgan fingerprint density at radius 3 is 2.32 bits per heavy atom. The molecule has 2 aromatic carbocycles. The van der Waals surface area contributed by atoms with Crippen LogP contribution in [0.2, 0.25) is 0 Å². The first-order chi connectivity index (χ1) is 11.8. The lowest BCUT2D eigenvalue weighted by molar-refractivity contribution is -0.128. The second-order valence-electron chi connectivity index (χ2n) is 6.85. The van der Waals surface area contributed by atoms with E-state index in [1.165, 1.54) is 16.7 Å². The van der Waals surface area contributed by atoms with Crippen LogP contribution >= 0.6 is 0 Å². The standard InChI is InChI=1S/C22H29NO2/c1-7-21(25-19-10-9-15(3)16(4)13-19)22(24)23-18(6)20-11-8-14(2)12-17(20)5/h8-13,18,21H,7H2,1-6H3,(H,23,24)/t18-,21+/m0/s1. The molecule has 0 aliphatic heterocycles. The third kappa shape index (κ3) is 4.85. The van der Waals surface area contributed by atoms with Gasteiger partial charge < -0.3 is 10.1 Å². The smallest absolute Gasteiger partial charge is 0.261 e. The number of carbonyl (C=O) groups excluding carboxylic acids is 1. The lowest BCUT2D eigenvalue weighted by atomic mass is 10.00. The van der Waals surface area contributed by atoms with Crippen molar-refractivity contribution < 1.29 is 9.53 Å². The highest BCUT2D eigenvalue weighted by Crippen LogP contribution is 2.21. The highest BCUT2D eigenvalue weighted by molar-refractivity contribution is 5.81. The summed E-state index contributed by atoms with van der Waals surface area (Å²) in [5.74, 6) is 0.664. The molecule has 0 fully saturated rings. The quantitative estimate of drug-likeness (QED) is 0.808. The zero-order valence-electron chi connectivity index (χ0n) is 16.1. The van der Waals surface area contributed by atoms with Crippen molar-refractivity contribution in [3.05, 3.63) is 64.2 Å². The predicted molar refractivity (Wildman–Crippen MR) is 103 cm³/mol. The fourth-order valence-electron chi connectivity index (χ4n) is 2.97. The lowest BCUT2D eigenvalue weighted by Crippen LogP contribution is -2.39. The van der Waals surface area contributed by atoms with Crippen molar-refractivity contribution in [3.63, 3.8) is 0 Å². The van der Waals surface area contributed by atoms with Crippen LogP contribution < -0.4 is 10.1 Å². The summed E-state index contributed by atoms with van der Waals surface area (Å²) >= 11 is 0. The second kappa shape index (κ2) is 8.19. The van der Waals surface area contributed by atoms with Gasteiger partial charge in [0.05, 0.1) is 6.04 Å². The molecule has 0 radical (unpaired) electrons. The van der Waals surface area contributed by atoms with Gasteiger partial charge in [-0.05, 0) is 75.4 Å². The van der Waals surface area contributed by atoms with Crippen LogP contribution in [0.25, 0.3) is 0 Å². The number of nitrogens with one attached hydrogen (secondary N) is 1. The van der Waals surface area contributed by atoms with Crippen molar-refractivity contribution in [2.75, 3.05) is 0 Å². The number of ether oxygens (including phenoxy) is 1. The highest BCUT2D eigenvalue weighted by atomic mass is 16.5. The van der Waals surface area contributed by atoms with Gasteiger partial charge in [0.15, 0.2) is 6.10 Å². The van der Waals surface area contributed by atoms with Crippen LogP contribution in [0.1, 0.15) is 54.1 Å². The number of hydrogen-bond acceptors (Lipinski definition) is 2. The summed E-state index contributed by atoms with van der Waals surface area (Å²) in [6, 6.07) is 12.2. The van der Waals surface area contributed by atoms with E-state index in [1.807, 2.05) is 39.0 Å². The third-order valence-electron chi connectivity index (χ3n) is 4.67. The fourth-order valence-corrected chi connectivity index (χ4v) is 2.97. The van der Waals surface area contributed by atoms with E-state index in [1.54, 1.807) is 0 Å². The molecule has 2 aromatic rings. The number of hydrogen-bond donors (Lipinski definition) is 1. The molecular weight excluding hydrogens is 310 g/mol. The summed E-state index contributed by atoms with van der Waals surface area (Å²) in [5, 5.41) is 3.09. The SMILES string of the molecule is CC[C@@H](Oc1ccc(C)c(C)c1)C(=O)N[C@@H](C)c1ccc(C)cc1C. The van der Waals surface area contributed by atoms with Gasteiger partial charge in [0.25, 0.3) is 5.91 Å². The zero-order valence-corrected chi connectivity index (χ0v) is 16.1. The normalized spacial score (nSPS) is 13.2. The molecule has 2 rings (SSSR count). The molecule has 2 atom stereocenters. The third-order valence-corrected chi connectivity index (χ3v) is 4.67. The van der Waals surface area contributed by atoms with Gasteiger partial charge in [-0.1, -0.05) is 36.8 Å². The molecule has 0 heterocycles. The van der Waals surface area contributed by atoms with E-state index in [4.69, 9.17) is 4.74 Å². The molecule has 1 N–H and O–H groups in total. The summed E-state index contributed by atoms with van der Waals surface area (Å²) in [6.07, 6.45) is 0.133. The van der Waals surface area contributed by atoms with Crippen molar-refractivity contribution in [2.24, 2.45) is 0 Å². The maximum Gasteiger partial charge on any atom is 0.261 e.